The second-order valence-corrected chi connectivity index (χ2v) is 7.47. The summed E-state index contributed by atoms with van der Waals surface area (Å²) in [6.45, 7) is 7.91. The number of hydrogen-bond acceptors (Lipinski definition) is 4. The van der Waals surface area contributed by atoms with Gasteiger partial charge in [0.25, 0.3) is 0 Å². The van der Waals surface area contributed by atoms with Crippen LogP contribution >= 0.6 is 11.8 Å². The highest BCUT2D eigenvalue weighted by atomic mass is 32.2. The zero-order valence-corrected chi connectivity index (χ0v) is 14.8. The van der Waals surface area contributed by atoms with Crippen LogP contribution in [0.15, 0.2) is 0 Å². The van der Waals surface area contributed by atoms with Crippen LogP contribution in [0.4, 0.5) is 0 Å². The van der Waals surface area contributed by atoms with Gasteiger partial charge in [-0.3, -0.25) is 14.4 Å². The molecule has 0 spiro atoms. The Bertz CT molecular complexity index is 370. The van der Waals surface area contributed by atoms with Crippen molar-refractivity contribution in [2.75, 3.05) is 32.9 Å². The van der Waals surface area contributed by atoms with Crippen LogP contribution in [-0.4, -0.2) is 65.6 Å². The molecule has 0 rings (SSSR count). The summed E-state index contributed by atoms with van der Waals surface area (Å²) in [5, 5.41) is 0.498. The Morgan fingerprint density at radius 2 is 1.43 bits per heavy atom. The molecule has 2 amide bonds. The fourth-order valence-electron chi connectivity index (χ4n) is 1.49. The van der Waals surface area contributed by atoms with E-state index in [4.69, 9.17) is 0 Å². The first-order valence-corrected chi connectivity index (χ1v) is 8.32. The fraction of sp³-hybridized carbons (Fsp3) is 0.800. The van der Waals surface area contributed by atoms with Crippen LogP contribution in [0.3, 0.4) is 0 Å². The van der Waals surface area contributed by atoms with E-state index in [1.165, 1.54) is 9.80 Å². The molecule has 0 aliphatic carbocycles. The minimum absolute atomic E-state index is 0.0209. The molecule has 0 aromatic rings. The summed E-state index contributed by atoms with van der Waals surface area (Å²) in [5.41, 5.74) is 0. The Hall–Kier alpha value is -1.04. The van der Waals surface area contributed by atoms with Crippen molar-refractivity contribution < 1.29 is 14.4 Å². The molecule has 0 fully saturated rings. The lowest BCUT2D eigenvalue weighted by Crippen LogP contribution is -2.42. The third-order valence-electron chi connectivity index (χ3n) is 3.03. The van der Waals surface area contributed by atoms with Crippen molar-refractivity contribution in [3.8, 4) is 0 Å². The molecule has 5 nitrogen and oxygen atoms in total. The standard InChI is InChI=1S/C15H28N2O3S/c1-11(2)13(18)9-16(5)15(20)10-17(6)14(19)7-8-21-12(3)4/h11-12H,7-10H2,1-6H3. The third-order valence-corrected chi connectivity index (χ3v) is 4.13. The number of amides is 2. The Balaban J connectivity index is 4.18. The van der Waals surface area contributed by atoms with Crippen molar-refractivity contribution in [3.05, 3.63) is 0 Å². The van der Waals surface area contributed by atoms with E-state index < -0.39 is 0 Å². The smallest absolute Gasteiger partial charge is 0.242 e. The van der Waals surface area contributed by atoms with Crippen LogP contribution in [0, 0.1) is 5.92 Å². The Morgan fingerprint density at radius 1 is 0.905 bits per heavy atom. The topological polar surface area (TPSA) is 57.7 Å². The third kappa shape index (κ3) is 8.75. The Kier molecular flexibility index (Phi) is 9.33. The van der Waals surface area contributed by atoms with Gasteiger partial charge < -0.3 is 9.80 Å². The van der Waals surface area contributed by atoms with Crippen molar-refractivity contribution in [2.45, 2.75) is 39.4 Å². The average molecular weight is 316 g/mol. The van der Waals surface area contributed by atoms with Crippen LogP contribution in [0.5, 0.6) is 0 Å². The number of ketones is 1. The molecule has 0 N–H and O–H groups in total. The van der Waals surface area contributed by atoms with E-state index in [1.54, 1.807) is 25.9 Å². The molecule has 0 aromatic carbocycles. The second kappa shape index (κ2) is 9.82. The summed E-state index contributed by atoms with van der Waals surface area (Å²) in [4.78, 5) is 38.3. The molecule has 0 saturated carbocycles. The van der Waals surface area contributed by atoms with Gasteiger partial charge in [-0.2, -0.15) is 11.8 Å². The number of thioether (sulfide) groups is 1. The molecule has 0 radical (unpaired) electrons. The maximum absolute atomic E-state index is 12.0. The van der Waals surface area contributed by atoms with Gasteiger partial charge in [0.05, 0.1) is 13.1 Å². The molecular weight excluding hydrogens is 288 g/mol. The van der Waals surface area contributed by atoms with E-state index in [1.807, 2.05) is 13.8 Å². The lowest BCUT2D eigenvalue weighted by molar-refractivity contribution is -0.140. The molecule has 0 aliphatic heterocycles. The Labute approximate surface area is 132 Å². The molecule has 21 heavy (non-hydrogen) atoms. The van der Waals surface area contributed by atoms with Gasteiger partial charge in [0.2, 0.25) is 11.8 Å². The van der Waals surface area contributed by atoms with Gasteiger partial charge in [-0.05, 0) is 5.25 Å². The molecule has 0 aromatic heterocycles. The minimum Gasteiger partial charge on any atom is -0.337 e. The zero-order valence-electron chi connectivity index (χ0n) is 14.0. The zero-order chi connectivity index (χ0) is 16.6. The summed E-state index contributed by atoms with van der Waals surface area (Å²) in [5.74, 6) is 0.439. The molecule has 0 saturated heterocycles. The fourth-order valence-corrected chi connectivity index (χ4v) is 2.25. The maximum Gasteiger partial charge on any atom is 0.242 e. The number of rotatable bonds is 9. The quantitative estimate of drug-likeness (QED) is 0.649. The van der Waals surface area contributed by atoms with Crippen molar-refractivity contribution in [2.24, 2.45) is 5.92 Å². The summed E-state index contributed by atoms with van der Waals surface area (Å²) >= 11 is 1.73. The van der Waals surface area contributed by atoms with E-state index >= 15 is 0 Å². The lowest BCUT2D eigenvalue weighted by Gasteiger charge is -2.22. The van der Waals surface area contributed by atoms with Gasteiger partial charge in [0.15, 0.2) is 5.78 Å². The maximum atomic E-state index is 12.0. The normalized spacial score (nSPS) is 10.9. The summed E-state index contributed by atoms with van der Waals surface area (Å²) in [7, 11) is 3.22. The molecule has 6 heteroatoms. The van der Waals surface area contributed by atoms with Gasteiger partial charge in [-0.25, -0.2) is 0 Å². The monoisotopic (exact) mass is 316 g/mol. The van der Waals surface area contributed by atoms with Gasteiger partial charge in [-0.1, -0.05) is 27.7 Å². The number of hydrogen-bond donors (Lipinski definition) is 0. The largest absolute Gasteiger partial charge is 0.337 e. The predicted octanol–water partition coefficient (Wildman–Crippen LogP) is 1.66. The van der Waals surface area contributed by atoms with E-state index in [0.717, 1.165) is 5.75 Å². The van der Waals surface area contributed by atoms with Crippen LogP contribution in [0.2, 0.25) is 0 Å². The highest BCUT2D eigenvalue weighted by Gasteiger charge is 2.18. The molecule has 0 unspecified atom stereocenters. The second-order valence-electron chi connectivity index (χ2n) is 5.79. The first-order chi connectivity index (χ1) is 9.65. The highest BCUT2D eigenvalue weighted by molar-refractivity contribution is 7.99. The van der Waals surface area contributed by atoms with Crippen molar-refractivity contribution in [3.63, 3.8) is 0 Å². The van der Waals surface area contributed by atoms with Gasteiger partial charge in [0, 0.05) is 32.2 Å². The minimum atomic E-state index is -0.212. The summed E-state index contributed by atoms with van der Waals surface area (Å²) in [6.07, 6.45) is 0.432. The average Bonchev–Trinajstić information content (AvgIpc) is 2.37. The molecule has 0 atom stereocenters. The van der Waals surface area contributed by atoms with Crippen LogP contribution in [0.1, 0.15) is 34.1 Å². The van der Waals surface area contributed by atoms with E-state index in [9.17, 15) is 14.4 Å². The van der Waals surface area contributed by atoms with Gasteiger partial charge >= 0.3 is 0 Å². The number of likely N-dealkylation sites (N-methyl/N-ethyl adjacent to an activating group) is 2. The van der Waals surface area contributed by atoms with Gasteiger partial charge in [-0.15, -0.1) is 0 Å². The first kappa shape index (κ1) is 20.0. The van der Waals surface area contributed by atoms with E-state index in [-0.39, 0.29) is 36.6 Å². The molecular formula is C15H28N2O3S. The number of nitrogens with zero attached hydrogens (tertiary/aromatic N) is 2. The molecule has 0 heterocycles. The number of carbonyl (C=O) groups is 3. The van der Waals surface area contributed by atoms with Crippen molar-refractivity contribution >= 4 is 29.4 Å². The SMILES string of the molecule is CC(C)SCCC(=O)N(C)CC(=O)N(C)CC(=O)C(C)C. The first-order valence-electron chi connectivity index (χ1n) is 7.27. The van der Waals surface area contributed by atoms with Crippen molar-refractivity contribution in [1.82, 2.24) is 9.80 Å². The van der Waals surface area contributed by atoms with Crippen molar-refractivity contribution in [1.29, 1.82) is 0 Å². The highest BCUT2D eigenvalue weighted by Crippen LogP contribution is 2.11. The van der Waals surface area contributed by atoms with Crippen LogP contribution < -0.4 is 0 Å². The lowest BCUT2D eigenvalue weighted by atomic mass is 10.1. The molecule has 122 valence electrons. The van der Waals surface area contributed by atoms with E-state index in [0.29, 0.717) is 11.7 Å². The number of carbonyl (C=O) groups excluding carboxylic acids is 3. The van der Waals surface area contributed by atoms with Gasteiger partial charge in [0.1, 0.15) is 0 Å². The Morgan fingerprint density at radius 3 is 1.90 bits per heavy atom. The van der Waals surface area contributed by atoms with Crippen LogP contribution in [-0.2, 0) is 14.4 Å². The number of Topliss-reactive ketones (excluding diaryl/α,β-unsaturated/α-hetero) is 1. The molecule has 0 bridgehead atoms. The van der Waals surface area contributed by atoms with Crippen LogP contribution in [0.25, 0.3) is 0 Å². The van der Waals surface area contributed by atoms with E-state index in [2.05, 4.69) is 13.8 Å². The predicted molar refractivity (Wildman–Crippen MR) is 87.3 cm³/mol. The summed E-state index contributed by atoms with van der Waals surface area (Å²) in [6, 6.07) is 0. The molecule has 0 aliphatic rings. The summed E-state index contributed by atoms with van der Waals surface area (Å²) < 4.78 is 0.